The highest BCUT2D eigenvalue weighted by Gasteiger charge is 2.14. The van der Waals surface area contributed by atoms with E-state index in [0.29, 0.717) is 11.4 Å². The van der Waals surface area contributed by atoms with Crippen molar-refractivity contribution in [3.05, 3.63) is 30.7 Å². The van der Waals surface area contributed by atoms with Gasteiger partial charge in [-0.05, 0) is 24.6 Å². The molecule has 61 valence electrons. The predicted octanol–water partition coefficient (Wildman–Crippen LogP) is 1.20. The molecule has 0 aromatic heterocycles. The molecule has 1 radical (unpaired) electrons. The SMILES string of the molecule is [CH2]c1ccc2c(c1)NC(=O)CO2. The van der Waals surface area contributed by atoms with Crippen LogP contribution >= 0.6 is 0 Å². The molecule has 1 aliphatic rings. The molecule has 3 nitrogen and oxygen atoms in total. The summed E-state index contributed by atoms with van der Waals surface area (Å²) < 4.78 is 5.15. The second kappa shape index (κ2) is 2.52. The predicted molar refractivity (Wildman–Crippen MR) is 45.0 cm³/mol. The highest BCUT2D eigenvalue weighted by atomic mass is 16.5. The lowest BCUT2D eigenvalue weighted by atomic mass is 10.2. The van der Waals surface area contributed by atoms with Gasteiger partial charge in [-0.15, -0.1) is 0 Å². The summed E-state index contributed by atoms with van der Waals surface area (Å²) in [5, 5.41) is 2.70. The number of rotatable bonds is 0. The lowest BCUT2D eigenvalue weighted by Gasteiger charge is -2.17. The molecule has 3 heteroatoms. The molecule has 1 amide bonds. The van der Waals surface area contributed by atoms with Crippen molar-refractivity contribution in [1.29, 1.82) is 0 Å². The van der Waals surface area contributed by atoms with Crippen molar-refractivity contribution in [3.8, 4) is 5.75 Å². The topological polar surface area (TPSA) is 38.3 Å². The molecule has 0 saturated heterocycles. The summed E-state index contributed by atoms with van der Waals surface area (Å²) in [6, 6.07) is 5.43. The van der Waals surface area contributed by atoms with E-state index in [0.717, 1.165) is 5.56 Å². The largest absolute Gasteiger partial charge is 0.482 e. The molecule has 0 unspecified atom stereocenters. The zero-order chi connectivity index (χ0) is 8.55. The number of carbonyl (C=O) groups is 1. The molecular formula is C9H8NO2. The maximum absolute atomic E-state index is 10.9. The first-order chi connectivity index (χ1) is 5.75. The maximum Gasteiger partial charge on any atom is 0.262 e. The molecule has 0 spiro atoms. The number of hydrogen-bond acceptors (Lipinski definition) is 2. The lowest BCUT2D eigenvalue weighted by molar-refractivity contribution is -0.118. The fourth-order valence-corrected chi connectivity index (χ4v) is 1.13. The van der Waals surface area contributed by atoms with Crippen LogP contribution in [0.25, 0.3) is 0 Å². The first-order valence-corrected chi connectivity index (χ1v) is 3.64. The van der Waals surface area contributed by atoms with Gasteiger partial charge in [0.25, 0.3) is 5.91 Å². The molecule has 0 saturated carbocycles. The fraction of sp³-hybridized carbons (Fsp3) is 0.111. The van der Waals surface area contributed by atoms with E-state index in [2.05, 4.69) is 12.2 Å². The zero-order valence-electron chi connectivity index (χ0n) is 6.46. The van der Waals surface area contributed by atoms with E-state index in [9.17, 15) is 4.79 Å². The summed E-state index contributed by atoms with van der Waals surface area (Å²) in [5.74, 6) is 0.593. The Balaban J connectivity index is 2.44. The van der Waals surface area contributed by atoms with Crippen LogP contribution in [0.1, 0.15) is 5.56 Å². The van der Waals surface area contributed by atoms with E-state index < -0.39 is 0 Å². The molecular weight excluding hydrogens is 154 g/mol. The van der Waals surface area contributed by atoms with Crippen molar-refractivity contribution in [3.63, 3.8) is 0 Å². The molecule has 0 bridgehead atoms. The Morgan fingerprint density at radius 2 is 2.33 bits per heavy atom. The van der Waals surface area contributed by atoms with Crippen LogP contribution in [0.15, 0.2) is 18.2 Å². The zero-order valence-corrected chi connectivity index (χ0v) is 6.46. The van der Waals surface area contributed by atoms with E-state index in [1.165, 1.54) is 0 Å². The van der Waals surface area contributed by atoms with Gasteiger partial charge in [0, 0.05) is 0 Å². The van der Waals surface area contributed by atoms with Crippen molar-refractivity contribution in [2.45, 2.75) is 0 Å². The first-order valence-electron chi connectivity index (χ1n) is 3.64. The Hall–Kier alpha value is -1.51. The summed E-state index contributed by atoms with van der Waals surface area (Å²) in [5.41, 5.74) is 1.57. The van der Waals surface area contributed by atoms with Crippen molar-refractivity contribution in [2.24, 2.45) is 0 Å². The average Bonchev–Trinajstić information content (AvgIpc) is 2.03. The quantitative estimate of drug-likeness (QED) is 0.622. The van der Waals surface area contributed by atoms with E-state index in [1.54, 1.807) is 12.1 Å². The van der Waals surface area contributed by atoms with Crippen LogP contribution in [0, 0.1) is 6.92 Å². The summed E-state index contributed by atoms with van der Waals surface area (Å²) in [4.78, 5) is 10.9. The van der Waals surface area contributed by atoms with Crippen molar-refractivity contribution in [2.75, 3.05) is 11.9 Å². The molecule has 1 N–H and O–H groups in total. The summed E-state index contributed by atoms with van der Waals surface area (Å²) in [6.45, 7) is 3.85. The highest BCUT2D eigenvalue weighted by Crippen LogP contribution is 2.27. The van der Waals surface area contributed by atoms with E-state index >= 15 is 0 Å². The second-order valence-electron chi connectivity index (χ2n) is 2.67. The molecule has 1 aromatic rings. The smallest absolute Gasteiger partial charge is 0.262 e. The van der Waals surface area contributed by atoms with Gasteiger partial charge in [0.05, 0.1) is 5.69 Å². The minimum atomic E-state index is -0.117. The maximum atomic E-state index is 10.9. The minimum absolute atomic E-state index is 0.101. The molecule has 0 aliphatic carbocycles. The standard InChI is InChI=1S/C9H8NO2/c1-6-2-3-8-7(4-6)10-9(11)5-12-8/h2-4H,1,5H2,(H,10,11). The van der Waals surface area contributed by atoms with Gasteiger partial charge in [-0.25, -0.2) is 0 Å². The Kier molecular flexibility index (Phi) is 1.50. The van der Waals surface area contributed by atoms with Crippen LogP contribution in [0.3, 0.4) is 0 Å². The van der Waals surface area contributed by atoms with Crippen molar-refractivity contribution < 1.29 is 9.53 Å². The van der Waals surface area contributed by atoms with Crippen LogP contribution in [0.4, 0.5) is 5.69 Å². The number of fused-ring (bicyclic) bond motifs is 1. The van der Waals surface area contributed by atoms with Crippen LogP contribution in [0.5, 0.6) is 5.75 Å². The first kappa shape index (κ1) is 7.16. The van der Waals surface area contributed by atoms with Crippen LogP contribution < -0.4 is 10.1 Å². The number of anilines is 1. The van der Waals surface area contributed by atoms with Gasteiger partial charge in [0.2, 0.25) is 0 Å². The number of ether oxygens (including phenoxy) is 1. The number of nitrogens with one attached hydrogen (secondary N) is 1. The van der Waals surface area contributed by atoms with Gasteiger partial charge in [-0.2, -0.15) is 0 Å². The molecule has 1 aliphatic heterocycles. The molecule has 2 rings (SSSR count). The van der Waals surface area contributed by atoms with E-state index in [1.807, 2.05) is 6.07 Å². The van der Waals surface area contributed by atoms with Crippen LogP contribution in [-0.4, -0.2) is 12.5 Å². The summed E-state index contributed by atoms with van der Waals surface area (Å²) in [6.07, 6.45) is 0. The summed E-state index contributed by atoms with van der Waals surface area (Å²) >= 11 is 0. The van der Waals surface area contributed by atoms with Gasteiger partial charge in [-0.3, -0.25) is 4.79 Å². The molecule has 1 heterocycles. The van der Waals surface area contributed by atoms with Gasteiger partial charge in [0.15, 0.2) is 6.61 Å². The molecule has 0 atom stereocenters. The Bertz CT molecular complexity index is 333. The third-order valence-electron chi connectivity index (χ3n) is 1.68. The minimum Gasteiger partial charge on any atom is -0.482 e. The van der Waals surface area contributed by atoms with Crippen molar-refractivity contribution >= 4 is 11.6 Å². The van der Waals surface area contributed by atoms with Crippen molar-refractivity contribution in [1.82, 2.24) is 0 Å². The number of hydrogen-bond donors (Lipinski definition) is 1. The monoisotopic (exact) mass is 162 g/mol. The lowest BCUT2D eigenvalue weighted by Crippen LogP contribution is -2.25. The molecule has 1 aromatic carbocycles. The molecule has 0 fully saturated rings. The van der Waals surface area contributed by atoms with Gasteiger partial charge >= 0.3 is 0 Å². The number of carbonyl (C=O) groups excluding carboxylic acids is 1. The fourth-order valence-electron chi connectivity index (χ4n) is 1.13. The van der Waals surface area contributed by atoms with Gasteiger partial charge < -0.3 is 10.1 Å². The second-order valence-corrected chi connectivity index (χ2v) is 2.67. The van der Waals surface area contributed by atoms with Gasteiger partial charge in [-0.1, -0.05) is 6.07 Å². The Morgan fingerprint density at radius 3 is 3.17 bits per heavy atom. The molecule has 12 heavy (non-hydrogen) atoms. The average molecular weight is 162 g/mol. The highest BCUT2D eigenvalue weighted by molar-refractivity contribution is 5.95. The summed E-state index contributed by atoms with van der Waals surface area (Å²) in [7, 11) is 0. The Morgan fingerprint density at radius 1 is 1.50 bits per heavy atom. The van der Waals surface area contributed by atoms with E-state index in [4.69, 9.17) is 4.74 Å². The van der Waals surface area contributed by atoms with Crippen LogP contribution in [-0.2, 0) is 4.79 Å². The Labute approximate surface area is 70.3 Å². The third kappa shape index (κ3) is 1.13. The van der Waals surface area contributed by atoms with Crippen LogP contribution in [0.2, 0.25) is 0 Å². The van der Waals surface area contributed by atoms with Gasteiger partial charge in [0.1, 0.15) is 5.75 Å². The number of amides is 1. The van der Waals surface area contributed by atoms with E-state index in [-0.39, 0.29) is 12.5 Å². The normalized spacial score (nSPS) is 14.6. The number of benzene rings is 1. The third-order valence-corrected chi connectivity index (χ3v) is 1.68.